The minimum absolute atomic E-state index is 0.112. The summed E-state index contributed by atoms with van der Waals surface area (Å²) in [6, 6.07) is -3.62. The molecule has 3 heterocycles. The maximum atomic E-state index is 12.5. The molecule has 0 spiro atoms. The van der Waals surface area contributed by atoms with Gasteiger partial charge in [-0.3, -0.25) is 4.79 Å². The van der Waals surface area contributed by atoms with Crippen molar-refractivity contribution >= 4 is 18.1 Å². The number of aliphatic hydroxyl groups is 10. The Balaban J connectivity index is 1.90. The number of nitrogens with one attached hydrogen (secondary N) is 2. The Morgan fingerprint density at radius 3 is 1.96 bits per heavy atom. The van der Waals surface area contributed by atoms with E-state index in [1.54, 1.807) is 85.9 Å². The van der Waals surface area contributed by atoms with Crippen LogP contribution in [0.5, 0.6) is 0 Å². The minimum Gasteiger partial charge on any atom is -0.462 e. The zero-order chi connectivity index (χ0) is 51.8. The van der Waals surface area contributed by atoms with Crippen molar-refractivity contribution in [2.75, 3.05) is 13.2 Å². The second kappa shape index (κ2) is 31.0. The molecule has 0 unspecified atom stereocenters. The van der Waals surface area contributed by atoms with Gasteiger partial charge in [0, 0.05) is 38.0 Å². The molecule has 17 atom stereocenters. The molecule has 3 amide bonds. The van der Waals surface area contributed by atoms with Crippen LogP contribution in [0.1, 0.15) is 71.6 Å². The van der Waals surface area contributed by atoms with Crippen LogP contribution < -0.4 is 16.4 Å². The summed E-state index contributed by atoms with van der Waals surface area (Å²) in [6.45, 7) is 6.37. The lowest BCUT2D eigenvalue weighted by Crippen LogP contribution is -2.63. The Morgan fingerprint density at radius 1 is 0.729 bits per heavy atom. The fourth-order valence-electron chi connectivity index (χ4n) is 7.99. The third kappa shape index (κ3) is 22.2. The van der Waals surface area contributed by atoms with E-state index in [1.807, 2.05) is 6.92 Å². The summed E-state index contributed by atoms with van der Waals surface area (Å²) in [7, 11) is 0. The second-order valence-electron chi connectivity index (χ2n) is 17.8. The molecular formula is C49H75N3O18. The summed E-state index contributed by atoms with van der Waals surface area (Å²) in [6.07, 6.45) is 4.69. The highest BCUT2D eigenvalue weighted by atomic mass is 16.7. The highest BCUT2D eigenvalue weighted by Crippen LogP contribution is 2.35. The number of carbonyl (C=O) groups excluding carboxylic acids is 3. The van der Waals surface area contributed by atoms with Gasteiger partial charge in [0.25, 0.3) is 0 Å². The molecule has 2 saturated heterocycles. The van der Waals surface area contributed by atoms with Crippen molar-refractivity contribution in [3.05, 3.63) is 97.7 Å². The predicted octanol–water partition coefficient (Wildman–Crippen LogP) is 0.367. The minimum atomic E-state index is -2.30. The van der Waals surface area contributed by atoms with Gasteiger partial charge in [-0.15, -0.1) is 0 Å². The molecule has 2 fully saturated rings. The molecule has 3 aliphatic heterocycles. The molecule has 0 aliphatic carbocycles. The maximum absolute atomic E-state index is 12.5. The van der Waals surface area contributed by atoms with Crippen molar-refractivity contribution in [3.63, 3.8) is 0 Å². The smallest absolute Gasteiger partial charge is 0.407 e. The van der Waals surface area contributed by atoms with Gasteiger partial charge in [0.1, 0.15) is 24.9 Å². The maximum Gasteiger partial charge on any atom is 0.407 e. The normalized spacial score (nSPS) is 40.7. The molecule has 70 heavy (non-hydrogen) atoms. The summed E-state index contributed by atoms with van der Waals surface area (Å²) < 4.78 is 28.2. The van der Waals surface area contributed by atoms with Gasteiger partial charge >= 0.3 is 18.1 Å². The largest absolute Gasteiger partial charge is 0.462 e. The van der Waals surface area contributed by atoms with Crippen molar-refractivity contribution in [2.45, 2.75) is 169 Å². The van der Waals surface area contributed by atoms with Gasteiger partial charge in [-0.1, -0.05) is 105 Å². The van der Waals surface area contributed by atoms with E-state index < -0.39 is 141 Å². The third-order valence-corrected chi connectivity index (χ3v) is 11.6. The number of carbonyl (C=O) groups is 3. The summed E-state index contributed by atoms with van der Waals surface area (Å²) in [5.41, 5.74) is 5.46. The quantitative estimate of drug-likeness (QED) is 0.126. The van der Waals surface area contributed by atoms with E-state index in [0.29, 0.717) is 0 Å². The number of cyclic esters (lactones) is 1. The molecule has 3 rings (SSSR count). The number of allylic oxidation sites excluding steroid dienone is 12. The highest BCUT2D eigenvalue weighted by molar-refractivity contribution is 5.72. The van der Waals surface area contributed by atoms with Gasteiger partial charge in [0.15, 0.2) is 12.1 Å². The lowest BCUT2D eigenvalue weighted by molar-refractivity contribution is -0.299. The average Bonchev–Trinajstić information content (AvgIpc) is 3.27. The predicted molar refractivity (Wildman–Crippen MR) is 254 cm³/mol. The molecule has 0 saturated carbocycles. The first-order valence-corrected chi connectivity index (χ1v) is 23.5. The topological polar surface area (TPSA) is 350 Å². The molecule has 0 aromatic rings. The molecule has 21 heteroatoms. The number of nitrogens with two attached hydrogens (primary N) is 1. The van der Waals surface area contributed by atoms with Crippen molar-refractivity contribution < 1.29 is 89.1 Å². The summed E-state index contributed by atoms with van der Waals surface area (Å²) in [5, 5.41) is 114. The molecule has 0 radical (unpaired) electrons. The van der Waals surface area contributed by atoms with Crippen LogP contribution >= 0.6 is 0 Å². The first kappa shape index (κ1) is 59.7. The van der Waals surface area contributed by atoms with Crippen LogP contribution in [-0.2, 0) is 28.5 Å². The SMILES string of the molecule is C=CCOC(=O)N[C@@H]1[C@H](O)[C@H](O[C@H]2/C=C/C=C/C=C/C=C/C=C/C=C/C=C/[C@H](C)[C@@H](O)C[C@H](C)OC(=O)C[C@H](O)C[C@H](O)CC[C@@H](O)[C@H](O)C[C@H](O)C[C@]3(O)C[C@H](O)[C@@H](NC(N)=O)[C@H](C2)O3)OC[C@H]1O. The van der Waals surface area contributed by atoms with Gasteiger partial charge in [0.2, 0.25) is 0 Å². The number of ether oxygens (including phenoxy) is 5. The number of esters is 1. The number of amides is 3. The molecule has 2 bridgehead atoms. The van der Waals surface area contributed by atoms with Crippen molar-refractivity contribution in [1.82, 2.24) is 10.6 Å². The van der Waals surface area contributed by atoms with Crippen LogP contribution in [0, 0.1) is 5.92 Å². The Kier molecular flexibility index (Phi) is 26.4. The fraction of sp³-hybridized carbons (Fsp3) is 0.612. The number of fused-ring (bicyclic) bond motifs is 2. The molecule has 21 nitrogen and oxygen atoms in total. The molecule has 3 aliphatic rings. The number of urea groups is 1. The molecular weight excluding hydrogens is 919 g/mol. The molecule has 394 valence electrons. The zero-order valence-corrected chi connectivity index (χ0v) is 39.7. The number of rotatable bonds is 6. The number of hydrogen-bond acceptors (Lipinski definition) is 18. The first-order valence-electron chi connectivity index (χ1n) is 23.5. The summed E-state index contributed by atoms with van der Waals surface area (Å²) >= 11 is 0. The van der Waals surface area contributed by atoms with Crippen LogP contribution in [0.15, 0.2) is 97.7 Å². The van der Waals surface area contributed by atoms with E-state index >= 15 is 0 Å². The monoisotopic (exact) mass is 994 g/mol. The van der Waals surface area contributed by atoms with E-state index in [0.717, 1.165) is 0 Å². The highest BCUT2D eigenvalue weighted by Gasteiger charge is 2.49. The average molecular weight is 994 g/mol. The number of primary amides is 1. The van der Waals surface area contributed by atoms with Gasteiger partial charge in [-0.05, 0) is 26.2 Å². The van der Waals surface area contributed by atoms with Gasteiger partial charge < -0.3 is 91.1 Å². The fourth-order valence-corrected chi connectivity index (χ4v) is 7.99. The summed E-state index contributed by atoms with van der Waals surface area (Å²) in [4.78, 5) is 37.0. The molecule has 0 aromatic heterocycles. The first-order chi connectivity index (χ1) is 33.2. The van der Waals surface area contributed by atoms with Crippen molar-refractivity contribution in [2.24, 2.45) is 11.7 Å². The number of alkyl carbamates (subject to hydrolysis) is 1. The molecule has 0 aromatic carbocycles. The second-order valence-corrected chi connectivity index (χ2v) is 17.8. The Labute approximate surface area is 408 Å². The zero-order valence-electron chi connectivity index (χ0n) is 39.7. The van der Waals surface area contributed by atoms with E-state index in [4.69, 9.17) is 29.4 Å². The third-order valence-electron chi connectivity index (χ3n) is 11.6. The Morgan fingerprint density at radius 2 is 1.34 bits per heavy atom. The van der Waals surface area contributed by atoms with Gasteiger partial charge in [-0.2, -0.15) is 0 Å². The standard InChI is InChI=1S/C49H75N3O18/c1-4-21-66-48(64)52-44-40(60)29-67-46(45(44)62)69-35-18-16-14-12-10-8-6-5-7-9-11-13-15-17-30(2)37(57)22-31(3)68-42(61)25-33(54)23-32(53)19-20-36(56)38(58)24-34(55)27-49(65)28-39(59)43(51-47(50)63)41(26-35)70-49/h4-18,30-41,43-46,53-60,62,65H,1,19-29H2,2-3H3,(H,52,64)(H3,50,51,63)/b6-5+,9-7+,10-8+,13-11+,14-12+,17-15+,18-16+/t30-,31-,32+,33+,34-,35-,36+,37-,38+,39-,40+,41-,43+,44-,45-,46-,49+/m0/s1. The van der Waals surface area contributed by atoms with Crippen LogP contribution in [0.4, 0.5) is 9.59 Å². The van der Waals surface area contributed by atoms with E-state index in [2.05, 4.69) is 17.2 Å². The number of aliphatic hydroxyl groups excluding tert-OH is 9. The van der Waals surface area contributed by atoms with Gasteiger partial charge in [0.05, 0.1) is 80.0 Å². The van der Waals surface area contributed by atoms with Crippen molar-refractivity contribution in [3.8, 4) is 0 Å². The van der Waals surface area contributed by atoms with Crippen LogP contribution in [0.2, 0.25) is 0 Å². The van der Waals surface area contributed by atoms with Crippen molar-refractivity contribution in [1.29, 1.82) is 0 Å². The Hall–Kier alpha value is -4.59. The van der Waals surface area contributed by atoms with Crippen LogP contribution in [0.25, 0.3) is 0 Å². The van der Waals surface area contributed by atoms with E-state index in [-0.39, 0.29) is 51.2 Å². The van der Waals surface area contributed by atoms with E-state index in [9.17, 15) is 65.4 Å². The van der Waals surface area contributed by atoms with Crippen LogP contribution in [-0.4, -0.2) is 180 Å². The lowest BCUT2D eigenvalue weighted by Gasteiger charge is -2.46. The molecule has 14 N–H and O–H groups in total. The van der Waals surface area contributed by atoms with Gasteiger partial charge in [-0.25, -0.2) is 9.59 Å². The Bertz CT molecular complexity index is 1820. The van der Waals surface area contributed by atoms with E-state index in [1.165, 1.54) is 12.2 Å². The van der Waals surface area contributed by atoms with Crippen LogP contribution in [0.3, 0.4) is 0 Å². The summed E-state index contributed by atoms with van der Waals surface area (Å²) in [5.74, 6) is -3.31. The lowest BCUT2D eigenvalue weighted by atomic mass is 9.87. The number of hydrogen-bond donors (Lipinski definition) is 13.